The Morgan fingerprint density at radius 2 is 2.06 bits per heavy atom. The molecule has 4 nitrogen and oxygen atoms in total. The highest BCUT2D eigenvalue weighted by Gasteiger charge is 2.31. The van der Waals surface area contributed by atoms with E-state index >= 15 is 0 Å². The average Bonchev–Trinajstić information content (AvgIpc) is 2.79. The van der Waals surface area contributed by atoms with Gasteiger partial charge in [-0.1, -0.05) is 38.1 Å². The normalized spacial score (nSPS) is 16.7. The minimum absolute atomic E-state index is 0.0560. The van der Waals surface area contributed by atoms with Crippen molar-refractivity contribution in [1.29, 1.82) is 0 Å². The monoisotopic (exact) mass is 423 g/mol. The maximum absolute atomic E-state index is 13.8. The molecule has 31 heavy (non-hydrogen) atoms. The van der Waals surface area contributed by atoms with E-state index in [0.29, 0.717) is 0 Å². The highest BCUT2D eigenvalue weighted by atomic mass is 16.2. The van der Waals surface area contributed by atoms with E-state index in [1.165, 1.54) is 11.1 Å². The van der Waals surface area contributed by atoms with Gasteiger partial charge in [-0.05, 0) is 82.1 Å². The lowest BCUT2D eigenvalue weighted by Gasteiger charge is -2.36. The highest BCUT2D eigenvalue weighted by molar-refractivity contribution is 6.04. The minimum atomic E-state index is 0.0560. The predicted octanol–water partition coefficient (Wildman–Crippen LogP) is 5.73. The first-order valence-corrected chi connectivity index (χ1v) is 11.9. The van der Waals surface area contributed by atoms with Gasteiger partial charge in [0.15, 0.2) is 0 Å². The predicted molar refractivity (Wildman–Crippen MR) is 133 cm³/mol. The third-order valence-corrected chi connectivity index (χ3v) is 5.93. The van der Waals surface area contributed by atoms with Crippen LogP contribution in [0.2, 0.25) is 0 Å². The van der Waals surface area contributed by atoms with E-state index in [9.17, 15) is 4.79 Å². The van der Waals surface area contributed by atoms with Gasteiger partial charge in [0.25, 0.3) is 5.91 Å². The molecule has 0 spiro atoms. The van der Waals surface area contributed by atoms with Crippen LogP contribution in [0.4, 0.5) is 0 Å². The van der Waals surface area contributed by atoms with E-state index < -0.39 is 0 Å². The van der Waals surface area contributed by atoms with Crippen LogP contribution in [-0.4, -0.2) is 42.7 Å². The zero-order valence-corrected chi connectivity index (χ0v) is 20.3. The number of benzene rings is 1. The van der Waals surface area contributed by atoms with Crippen LogP contribution >= 0.6 is 0 Å². The Hall–Kier alpha value is -2.36. The second-order valence-electron chi connectivity index (χ2n) is 8.76. The average molecular weight is 424 g/mol. The summed E-state index contributed by atoms with van der Waals surface area (Å²) in [6, 6.07) is 6.46. The second kappa shape index (κ2) is 12.5. The van der Waals surface area contributed by atoms with Crippen molar-refractivity contribution in [2.24, 2.45) is 4.99 Å². The zero-order valence-electron chi connectivity index (χ0n) is 20.3. The molecule has 1 aliphatic heterocycles. The van der Waals surface area contributed by atoms with Crippen molar-refractivity contribution in [3.63, 3.8) is 0 Å². The summed E-state index contributed by atoms with van der Waals surface area (Å²) >= 11 is 0. The molecule has 1 heterocycles. The zero-order chi connectivity index (χ0) is 22.8. The molecule has 2 rings (SSSR count). The number of carbonyl (C=O) groups is 1. The Morgan fingerprint density at radius 3 is 2.71 bits per heavy atom. The molecular formula is C27H41N3O. The fourth-order valence-corrected chi connectivity index (χ4v) is 4.18. The van der Waals surface area contributed by atoms with E-state index in [0.717, 1.165) is 80.6 Å². The van der Waals surface area contributed by atoms with E-state index in [1.807, 2.05) is 7.05 Å². The van der Waals surface area contributed by atoms with Gasteiger partial charge in [0.05, 0.1) is 11.8 Å². The molecule has 1 aromatic rings. The topological polar surface area (TPSA) is 44.7 Å². The summed E-state index contributed by atoms with van der Waals surface area (Å²) < 4.78 is 0. The standard InChI is InChI=1S/C27H41N3O/c1-7-16-29-21(5)12-14-23-15-13-22(8-2)19-24(23)27(31)30-17-10-9-11-26(30)25(28-6)18-20(3)4/h13,15,18-19,26,29H,5,7-12,14,16-17H2,1-4,6H3/b28-25+. The minimum Gasteiger partial charge on any atom is -0.389 e. The van der Waals surface area contributed by atoms with Gasteiger partial charge in [0.1, 0.15) is 0 Å². The van der Waals surface area contributed by atoms with E-state index in [2.05, 4.69) is 73.8 Å². The number of piperidine rings is 1. The number of rotatable bonds is 10. The molecule has 0 radical (unpaired) electrons. The van der Waals surface area contributed by atoms with Crippen LogP contribution in [0.15, 0.2) is 47.1 Å². The summed E-state index contributed by atoms with van der Waals surface area (Å²) in [5.74, 6) is 0.144. The molecule has 170 valence electrons. The Kier molecular flexibility index (Phi) is 10.0. The molecule has 1 unspecified atom stereocenters. The molecule has 1 saturated heterocycles. The van der Waals surface area contributed by atoms with Gasteiger partial charge in [-0.25, -0.2) is 0 Å². The molecule has 1 atom stereocenters. The molecule has 0 aromatic heterocycles. The van der Waals surface area contributed by atoms with Crippen LogP contribution in [0, 0.1) is 0 Å². The van der Waals surface area contributed by atoms with Gasteiger partial charge >= 0.3 is 0 Å². The summed E-state index contributed by atoms with van der Waals surface area (Å²) in [6.45, 7) is 14.3. The van der Waals surface area contributed by atoms with Crippen molar-refractivity contribution < 1.29 is 4.79 Å². The van der Waals surface area contributed by atoms with Gasteiger partial charge in [0, 0.05) is 31.4 Å². The van der Waals surface area contributed by atoms with Crippen LogP contribution in [-0.2, 0) is 12.8 Å². The van der Waals surface area contributed by atoms with Crippen LogP contribution < -0.4 is 5.32 Å². The first-order valence-electron chi connectivity index (χ1n) is 11.9. The van der Waals surface area contributed by atoms with Crippen molar-refractivity contribution in [2.75, 3.05) is 20.1 Å². The molecule has 0 saturated carbocycles. The Labute approximate surface area is 189 Å². The molecule has 0 aliphatic carbocycles. The van der Waals surface area contributed by atoms with E-state index in [4.69, 9.17) is 0 Å². The lowest BCUT2D eigenvalue weighted by Crippen LogP contribution is -2.48. The summed E-state index contributed by atoms with van der Waals surface area (Å²) in [5.41, 5.74) is 6.44. The first-order chi connectivity index (χ1) is 14.9. The van der Waals surface area contributed by atoms with Gasteiger partial charge < -0.3 is 10.2 Å². The highest BCUT2D eigenvalue weighted by Crippen LogP contribution is 2.25. The molecule has 4 heteroatoms. The Bertz CT molecular complexity index is 818. The number of allylic oxidation sites excluding steroid dienone is 2. The maximum Gasteiger partial charge on any atom is 0.254 e. The number of hydrogen-bond donors (Lipinski definition) is 1. The number of amides is 1. The number of likely N-dealkylation sites (tertiary alicyclic amines) is 1. The number of hydrogen-bond acceptors (Lipinski definition) is 3. The van der Waals surface area contributed by atoms with Gasteiger partial charge in [0.2, 0.25) is 0 Å². The molecular weight excluding hydrogens is 382 g/mol. The summed E-state index contributed by atoms with van der Waals surface area (Å²) in [6.07, 6.45) is 8.96. The van der Waals surface area contributed by atoms with Crippen molar-refractivity contribution in [1.82, 2.24) is 10.2 Å². The van der Waals surface area contributed by atoms with Crippen molar-refractivity contribution in [2.45, 2.75) is 78.7 Å². The molecule has 1 amide bonds. The molecule has 1 N–H and O–H groups in total. The largest absolute Gasteiger partial charge is 0.389 e. The number of nitrogens with one attached hydrogen (secondary N) is 1. The van der Waals surface area contributed by atoms with E-state index in [-0.39, 0.29) is 11.9 Å². The lowest BCUT2D eigenvalue weighted by molar-refractivity contribution is 0.0680. The van der Waals surface area contributed by atoms with Crippen molar-refractivity contribution >= 4 is 11.6 Å². The van der Waals surface area contributed by atoms with Crippen LogP contribution in [0.25, 0.3) is 0 Å². The van der Waals surface area contributed by atoms with Gasteiger partial charge in [-0.2, -0.15) is 0 Å². The fraction of sp³-hybridized carbons (Fsp3) is 0.556. The van der Waals surface area contributed by atoms with E-state index in [1.54, 1.807) is 0 Å². The fourth-order valence-electron chi connectivity index (χ4n) is 4.18. The second-order valence-corrected chi connectivity index (χ2v) is 8.76. The molecule has 1 aromatic carbocycles. The quantitative estimate of drug-likeness (QED) is 0.489. The number of carbonyl (C=O) groups excluding carboxylic acids is 1. The number of nitrogens with zero attached hydrogens (tertiary/aromatic N) is 2. The van der Waals surface area contributed by atoms with Crippen LogP contribution in [0.3, 0.4) is 0 Å². The smallest absolute Gasteiger partial charge is 0.254 e. The Morgan fingerprint density at radius 1 is 1.29 bits per heavy atom. The molecule has 1 fully saturated rings. The maximum atomic E-state index is 13.8. The van der Waals surface area contributed by atoms with Gasteiger partial charge in [-0.3, -0.25) is 9.79 Å². The van der Waals surface area contributed by atoms with Crippen LogP contribution in [0.5, 0.6) is 0 Å². The first kappa shape index (κ1) is 24.9. The van der Waals surface area contributed by atoms with Crippen molar-refractivity contribution in [3.8, 4) is 0 Å². The third-order valence-electron chi connectivity index (χ3n) is 5.93. The summed E-state index contributed by atoms with van der Waals surface area (Å²) in [4.78, 5) is 20.4. The van der Waals surface area contributed by atoms with Crippen molar-refractivity contribution in [3.05, 3.63) is 58.8 Å². The number of aliphatic imine (C=N–C) groups is 1. The number of aryl methyl sites for hydroxylation is 2. The summed E-state index contributed by atoms with van der Waals surface area (Å²) in [5, 5.41) is 3.37. The van der Waals surface area contributed by atoms with Gasteiger partial charge in [-0.15, -0.1) is 0 Å². The Balaban J connectivity index is 2.32. The lowest BCUT2D eigenvalue weighted by atomic mass is 9.93. The molecule has 0 bridgehead atoms. The summed E-state index contributed by atoms with van der Waals surface area (Å²) in [7, 11) is 1.84. The SMILES string of the molecule is C=C(CCc1ccc(CC)cc1C(=O)N1CCCCC1/C(C=C(C)C)=N/C)NCCC. The molecule has 1 aliphatic rings. The van der Waals surface area contributed by atoms with Crippen LogP contribution in [0.1, 0.15) is 81.3 Å². The third kappa shape index (κ3) is 7.09.